The lowest BCUT2D eigenvalue weighted by atomic mass is 10.3. The van der Waals surface area contributed by atoms with Crippen LogP contribution in [-0.2, 0) is 0 Å². The molecule has 0 atom stereocenters. The second kappa shape index (κ2) is 4.60. The molecule has 0 aliphatic heterocycles. The highest BCUT2D eigenvalue weighted by atomic mass is 79.9. The van der Waals surface area contributed by atoms with Crippen molar-refractivity contribution >= 4 is 27.6 Å². The molecule has 0 saturated carbocycles. The Morgan fingerprint density at radius 3 is 2.38 bits per heavy atom. The van der Waals surface area contributed by atoms with E-state index in [0.29, 0.717) is 5.69 Å². The molecule has 0 spiro atoms. The zero-order valence-corrected chi connectivity index (χ0v) is 9.34. The molecule has 4 nitrogen and oxygen atoms in total. The monoisotopic (exact) mass is 297 g/mol. The number of hydrogen-bond acceptors (Lipinski definition) is 2. The summed E-state index contributed by atoms with van der Waals surface area (Å²) in [5, 5.41) is 0. The summed E-state index contributed by atoms with van der Waals surface area (Å²) in [6.07, 6.45) is -4.74. The topological polar surface area (TPSA) is 73.6 Å². The van der Waals surface area contributed by atoms with Crippen molar-refractivity contribution in [3.63, 3.8) is 0 Å². The zero-order chi connectivity index (χ0) is 12.3. The average Bonchev–Trinajstić information content (AvgIpc) is 2.06. The van der Waals surface area contributed by atoms with E-state index in [1.807, 2.05) is 0 Å². The third kappa shape index (κ3) is 3.97. The first kappa shape index (κ1) is 12.6. The molecule has 1 aromatic rings. The van der Waals surface area contributed by atoms with Gasteiger partial charge in [-0.25, -0.2) is 4.99 Å². The van der Waals surface area contributed by atoms with Crippen molar-refractivity contribution in [1.29, 1.82) is 0 Å². The van der Waals surface area contributed by atoms with Crippen LogP contribution in [0.2, 0.25) is 0 Å². The molecule has 8 heteroatoms. The van der Waals surface area contributed by atoms with E-state index in [1.165, 1.54) is 12.1 Å². The molecule has 0 aliphatic carbocycles. The summed E-state index contributed by atoms with van der Waals surface area (Å²) in [5.41, 5.74) is 10.6. The lowest BCUT2D eigenvalue weighted by Gasteiger charge is -2.10. The molecule has 4 N–H and O–H groups in total. The van der Waals surface area contributed by atoms with E-state index in [9.17, 15) is 13.2 Å². The fourth-order valence-electron chi connectivity index (χ4n) is 0.916. The first-order valence-electron chi connectivity index (χ1n) is 3.93. The minimum absolute atomic E-state index is 0.104. The zero-order valence-electron chi connectivity index (χ0n) is 7.75. The summed E-state index contributed by atoms with van der Waals surface area (Å²) in [4.78, 5) is 3.66. The molecule has 0 unspecified atom stereocenters. The van der Waals surface area contributed by atoms with E-state index >= 15 is 0 Å². The lowest BCUT2D eigenvalue weighted by Crippen LogP contribution is -2.21. The Labute approximate surface area is 97.2 Å². The van der Waals surface area contributed by atoms with Gasteiger partial charge in [0.2, 0.25) is 0 Å². The molecule has 0 fully saturated rings. The molecule has 88 valence electrons. The quantitative estimate of drug-likeness (QED) is 0.649. The van der Waals surface area contributed by atoms with Crippen molar-refractivity contribution in [1.82, 2.24) is 0 Å². The second-order valence-electron chi connectivity index (χ2n) is 2.70. The minimum Gasteiger partial charge on any atom is -0.405 e. The largest absolute Gasteiger partial charge is 0.573 e. The van der Waals surface area contributed by atoms with Gasteiger partial charge in [0.15, 0.2) is 5.96 Å². The molecule has 0 radical (unpaired) electrons. The maximum Gasteiger partial charge on any atom is 0.573 e. The van der Waals surface area contributed by atoms with Crippen LogP contribution in [0.3, 0.4) is 0 Å². The highest BCUT2D eigenvalue weighted by molar-refractivity contribution is 9.10. The number of alkyl halides is 3. The molecule has 0 heterocycles. The van der Waals surface area contributed by atoms with Crippen LogP contribution >= 0.6 is 15.9 Å². The number of hydrogen-bond donors (Lipinski definition) is 2. The molecule has 0 aliphatic rings. The molecule has 0 bridgehead atoms. The number of rotatable bonds is 2. The van der Waals surface area contributed by atoms with Crippen LogP contribution in [0.4, 0.5) is 18.9 Å². The van der Waals surface area contributed by atoms with Crippen LogP contribution < -0.4 is 16.2 Å². The van der Waals surface area contributed by atoms with Crippen LogP contribution in [0.1, 0.15) is 0 Å². The molecule has 0 aromatic heterocycles. The predicted molar refractivity (Wildman–Crippen MR) is 56.3 cm³/mol. The van der Waals surface area contributed by atoms with E-state index in [0.717, 1.165) is 6.07 Å². The maximum atomic E-state index is 11.9. The van der Waals surface area contributed by atoms with Gasteiger partial charge in [-0.15, -0.1) is 13.2 Å². The molecule has 0 saturated heterocycles. The van der Waals surface area contributed by atoms with Gasteiger partial charge in [-0.3, -0.25) is 0 Å². The fourth-order valence-corrected chi connectivity index (χ4v) is 1.36. The first-order chi connectivity index (χ1) is 7.28. The van der Waals surface area contributed by atoms with Gasteiger partial charge in [0.25, 0.3) is 0 Å². The number of halogens is 4. The minimum atomic E-state index is -4.74. The van der Waals surface area contributed by atoms with Crippen molar-refractivity contribution in [3.05, 3.63) is 22.7 Å². The highest BCUT2D eigenvalue weighted by Crippen LogP contribution is 2.33. The van der Waals surface area contributed by atoms with Crippen LogP contribution in [0, 0.1) is 0 Å². The number of benzene rings is 1. The summed E-state index contributed by atoms with van der Waals surface area (Å²) in [6.45, 7) is 0. The van der Waals surface area contributed by atoms with E-state index in [-0.39, 0.29) is 16.2 Å². The van der Waals surface area contributed by atoms with E-state index in [4.69, 9.17) is 11.5 Å². The van der Waals surface area contributed by atoms with E-state index < -0.39 is 6.36 Å². The average molecular weight is 298 g/mol. The fraction of sp³-hybridized carbons (Fsp3) is 0.125. The molecule has 1 aromatic carbocycles. The Bertz CT molecular complexity index is 415. The molecule has 1 rings (SSSR count). The number of ether oxygens (including phenoxy) is 1. The Hall–Kier alpha value is -1.44. The van der Waals surface area contributed by atoms with Gasteiger partial charge >= 0.3 is 6.36 Å². The van der Waals surface area contributed by atoms with Crippen LogP contribution in [0.15, 0.2) is 27.7 Å². The third-order valence-corrected chi connectivity index (χ3v) is 2.02. The standard InChI is InChI=1S/C8H7BrF3N3O/c9-5-3-4(15-7(13)14)1-2-6(5)16-8(10,11)12/h1-3H,(H4,13,14,15). The Morgan fingerprint density at radius 1 is 1.31 bits per heavy atom. The summed E-state index contributed by atoms with van der Waals surface area (Å²) < 4.78 is 39.6. The maximum absolute atomic E-state index is 11.9. The van der Waals surface area contributed by atoms with Gasteiger partial charge in [-0.1, -0.05) is 0 Å². The Kier molecular flexibility index (Phi) is 3.63. The smallest absolute Gasteiger partial charge is 0.405 e. The summed E-state index contributed by atoms with van der Waals surface area (Å²) in [7, 11) is 0. The summed E-state index contributed by atoms with van der Waals surface area (Å²) >= 11 is 2.91. The number of guanidine groups is 1. The predicted octanol–water partition coefficient (Wildman–Crippen LogP) is 2.25. The molecule has 0 amide bonds. The third-order valence-electron chi connectivity index (χ3n) is 1.40. The van der Waals surface area contributed by atoms with Gasteiger partial charge in [0.05, 0.1) is 10.2 Å². The normalized spacial score (nSPS) is 11.0. The molecular weight excluding hydrogens is 291 g/mol. The van der Waals surface area contributed by atoms with Crippen LogP contribution in [0.25, 0.3) is 0 Å². The number of nitrogens with zero attached hydrogens (tertiary/aromatic N) is 1. The summed E-state index contributed by atoms with van der Waals surface area (Å²) in [5.74, 6) is -0.543. The van der Waals surface area contributed by atoms with Gasteiger partial charge in [0, 0.05) is 0 Å². The number of aliphatic imine (C=N–C) groups is 1. The van der Waals surface area contributed by atoms with Crippen LogP contribution in [0.5, 0.6) is 5.75 Å². The Balaban J connectivity index is 2.96. The SMILES string of the molecule is NC(N)=Nc1ccc(OC(F)(F)F)c(Br)c1. The Morgan fingerprint density at radius 2 is 1.94 bits per heavy atom. The lowest BCUT2D eigenvalue weighted by molar-refractivity contribution is -0.274. The molecule has 16 heavy (non-hydrogen) atoms. The second-order valence-corrected chi connectivity index (χ2v) is 3.55. The van der Waals surface area contributed by atoms with E-state index in [2.05, 4.69) is 25.7 Å². The van der Waals surface area contributed by atoms with Crippen molar-refractivity contribution in [3.8, 4) is 5.75 Å². The van der Waals surface area contributed by atoms with Crippen molar-refractivity contribution in [2.24, 2.45) is 16.5 Å². The van der Waals surface area contributed by atoms with Crippen molar-refractivity contribution in [2.75, 3.05) is 0 Å². The van der Waals surface area contributed by atoms with E-state index in [1.54, 1.807) is 0 Å². The summed E-state index contributed by atoms with van der Waals surface area (Å²) in [6, 6.07) is 3.71. The first-order valence-corrected chi connectivity index (χ1v) is 4.72. The van der Waals surface area contributed by atoms with Crippen molar-refractivity contribution < 1.29 is 17.9 Å². The van der Waals surface area contributed by atoms with Gasteiger partial charge in [-0.05, 0) is 34.1 Å². The number of nitrogens with two attached hydrogens (primary N) is 2. The van der Waals surface area contributed by atoms with Gasteiger partial charge in [0.1, 0.15) is 5.75 Å². The highest BCUT2D eigenvalue weighted by Gasteiger charge is 2.31. The van der Waals surface area contributed by atoms with Gasteiger partial charge < -0.3 is 16.2 Å². The van der Waals surface area contributed by atoms with Crippen molar-refractivity contribution in [2.45, 2.75) is 6.36 Å². The van der Waals surface area contributed by atoms with Crippen LogP contribution in [-0.4, -0.2) is 12.3 Å². The molecular formula is C8H7BrF3N3O. The van der Waals surface area contributed by atoms with Gasteiger partial charge in [-0.2, -0.15) is 0 Å².